The minimum atomic E-state index is 0.149. The van der Waals surface area contributed by atoms with Crippen molar-refractivity contribution in [3.05, 3.63) is 0 Å². The SMILES string of the molecule is CCCCC(=O)NCCCCON. The number of carbonyl (C=O) groups is 1. The zero-order chi connectivity index (χ0) is 9.94. The van der Waals surface area contributed by atoms with Crippen LogP contribution < -0.4 is 11.2 Å². The zero-order valence-corrected chi connectivity index (χ0v) is 8.34. The van der Waals surface area contributed by atoms with Gasteiger partial charge >= 0.3 is 0 Å². The van der Waals surface area contributed by atoms with Crippen LogP contribution in [-0.2, 0) is 9.63 Å². The van der Waals surface area contributed by atoms with Crippen LogP contribution >= 0.6 is 0 Å². The number of nitrogens with two attached hydrogens (primary N) is 1. The Kier molecular flexibility index (Phi) is 9.03. The van der Waals surface area contributed by atoms with Gasteiger partial charge in [0.25, 0.3) is 0 Å². The van der Waals surface area contributed by atoms with Crippen molar-refractivity contribution in [1.29, 1.82) is 0 Å². The summed E-state index contributed by atoms with van der Waals surface area (Å²) in [6, 6.07) is 0. The van der Waals surface area contributed by atoms with Gasteiger partial charge < -0.3 is 10.2 Å². The Morgan fingerprint density at radius 2 is 2.15 bits per heavy atom. The molecule has 4 nitrogen and oxygen atoms in total. The van der Waals surface area contributed by atoms with Crippen molar-refractivity contribution < 1.29 is 9.63 Å². The van der Waals surface area contributed by atoms with Crippen molar-refractivity contribution in [2.75, 3.05) is 13.2 Å². The van der Waals surface area contributed by atoms with E-state index in [-0.39, 0.29) is 5.91 Å². The maximum atomic E-state index is 11.1. The molecule has 0 bridgehead atoms. The molecule has 0 aromatic rings. The number of unbranched alkanes of at least 4 members (excludes halogenated alkanes) is 2. The van der Waals surface area contributed by atoms with E-state index < -0.39 is 0 Å². The summed E-state index contributed by atoms with van der Waals surface area (Å²) >= 11 is 0. The van der Waals surface area contributed by atoms with Crippen LogP contribution in [0.1, 0.15) is 39.0 Å². The number of rotatable bonds is 8. The van der Waals surface area contributed by atoms with Gasteiger partial charge in [0.05, 0.1) is 6.61 Å². The second-order valence-corrected chi connectivity index (χ2v) is 3.03. The van der Waals surface area contributed by atoms with Crippen molar-refractivity contribution in [1.82, 2.24) is 5.32 Å². The van der Waals surface area contributed by atoms with Crippen molar-refractivity contribution >= 4 is 5.91 Å². The number of carbonyl (C=O) groups excluding carboxylic acids is 1. The van der Waals surface area contributed by atoms with Crippen molar-refractivity contribution in [3.63, 3.8) is 0 Å². The van der Waals surface area contributed by atoms with Gasteiger partial charge in [0, 0.05) is 13.0 Å². The Bertz CT molecular complexity index is 129. The van der Waals surface area contributed by atoms with E-state index in [9.17, 15) is 4.79 Å². The second-order valence-electron chi connectivity index (χ2n) is 3.03. The molecule has 0 atom stereocenters. The minimum absolute atomic E-state index is 0.149. The van der Waals surface area contributed by atoms with Crippen molar-refractivity contribution in [2.45, 2.75) is 39.0 Å². The smallest absolute Gasteiger partial charge is 0.219 e. The lowest BCUT2D eigenvalue weighted by Crippen LogP contribution is -2.24. The van der Waals surface area contributed by atoms with E-state index in [1.807, 2.05) is 0 Å². The van der Waals surface area contributed by atoms with Gasteiger partial charge in [0.2, 0.25) is 5.91 Å². The summed E-state index contributed by atoms with van der Waals surface area (Å²) in [4.78, 5) is 15.5. The van der Waals surface area contributed by atoms with Gasteiger partial charge in [-0.25, -0.2) is 5.90 Å². The van der Waals surface area contributed by atoms with Crippen LogP contribution in [0.25, 0.3) is 0 Å². The molecule has 0 saturated carbocycles. The summed E-state index contributed by atoms with van der Waals surface area (Å²) < 4.78 is 0. The lowest BCUT2D eigenvalue weighted by Gasteiger charge is -2.03. The van der Waals surface area contributed by atoms with Gasteiger partial charge in [-0.3, -0.25) is 4.79 Å². The maximum Gasteiger partial charge on any atom is 0.219 e. The average molecular weight is 188 g/mol. The molecule has 13 heavy (non-hydrogen) atoms. The highest BCUT2D eigenvalue weighted by molar-refractivity contribution is 5.75. The molecule has 1 amide bonds. The monoisotopic (exact) mass is 188 g/mol. The number of hydrogen-bond acceptors (Lipinski definition) is 3. The van der Waals surface area contributed by atoms with Gasteiger partial charge in [0.1, 0.15) is 0 Å². The molecule has 0 radical (unpaired) electrons. The third-order valence-electron chi connectivity index (χ3n) is 1.77. The minimum Gasteiger partial charge on any atom is -0.356 e. The van der Waals surface area contributed by atoms with Crippen LogP contribution in [0.15, 0.2) is 0 Å². The molecule has 0 aliphatic carbocycles. The van der Waals surface area contributed by atoms with Crippen LogP contribution in [0, 0.1) is 0 Å². The number of hydrogen-bond donors (Lipinski definition) is 2. The maximum absolute atomic E-state index is 11.1. The van der Waals surface area contributed by atoms with Crippen LogP contribution in [0.2, 0.25) is 0 Å². The summed E-state index contributed by atoms with van der Waals surface area (Å²) in [6.45, 7) is 3.36. The highest BCUT2D eigenvalue weighted by atomic mass is 16.6. The van der Waals surface area contributed by atoms with Gasteiger partial charge in [-0.2, -0.15) is 0 Å². The molecule has 3 N–H and O–H groups in total. The molecule has 0 aliphatic heterocycles. The third kappa shape index (κ3) is 9.30. The third-order valence-corrected chi connectivity index (χ3v) is 1.77. The van der Waals surface area contributed by atoms with Crippen LogP contribution in [0.5, 0.6) is 0 Å². The Balaban J connectivity index is 3.08. The molecule has 0 spiro atoms. The average Bonchev–Trinajstić information content (AvgIpc) is 2.14. The predicted molar refractivity (Wildman–Crippen MR) is 51.9 cm³/mol. The molecule has 4 heteroatoms. The molecular weight excluding hydrogens is 168 g/mol. The van der Waals surface area contributed by atoms with E-state index in [2.05, 4.69) is 17.1 Å². The largest absolute Gasteiger partial charge is 0.356 e. The zero-order valence-electron chi connectivity index (χ0n) is 8.34. The second kappa shape index (κ2) is 9.48. The van der Waals surface area contributed by atoms with Crippen LogP contribution in [-0.4, -0.2) is 19.1 Å². The Hall–Kier alpha value is -0.610. The van der Waals surface area contributed by atoms with Crippen LogP contribution in [0.4, 0.5) is 0 Å². The standard InChI is InChI=1S/C9H20N2O2/c1-2-3-6-9(12)11-7-4-5-8-13-10/h2-8,10H2,1H3,(H,11,12). The highest BCUT2D eigenvalue weighted by Crippen LogP contribution is 1.93. The van der Waals surface area contributed by atoms with E-state index in [1.54, 1.807) is 0 Å². The van der Waals surface area contributed by atoms with E-state index in [0.717, 1.165) is 32.2 Å². The van der Waals surface area contributed by atoms with Gasteiger partial charge in [-0.05, 0) is 19.3 Å². The summed E-state index contributed by atoms with van der Waals surface area (Å²) in [6.07, 6.45) is 4.50. The first-order chi connectivity index (χ1) is 6.31. The topological polar surface area (TPSA) is 64.3 Å². The molecule has 0 heterocycles. The summed E-state index contributed by atoms with van der Waals surface area (Å²) in [7, 11) is 0. The Morgan fingerprint density at radius 3 is 2.77 bits per heavy atom. The quantitative estimate of drug-likeness (QED) is 0.440. The first-order valence-electron chi connectivity index (χ1n) is 4.89. The molecule has 0 unspecified atom stereocenters. The first kappa shape index (κ1) is 12.4. The molecule has 0 rings (SSSR count). The van der Waals surface area contributed by atoms with E-state index in [1.165, 1.54) is 0 Å². The molecule has 0 saturated heterocycles. The summed E-state index contributed by atoms with van der Waals surface area (Å²) in [5, 5.41) is 2.84. The molecule has 0 fully saturated rings. The Morgan fingerprint density at radius 1 is 1.38 bits per heavy atom. The Labute approximate surface area is 79.8 Å². The van der Waals surface area contributed by atoms with Crippen molar-refractivity contribution in [2.24, 2.45) is 5.90 Å². The van der Waals surface area contributed by atoms with Gasteiger partial charge in [0.15, 0.2) is 0 Å². The van der Waals surface area contributed by atoms with Gasteiger partial charge in [-0.15, -0.1) is 0 Å². The fourth-order valence-electron chi connectivity index (χ4n) is 0.964. The first-order valence-corrected chi connectivity index (χ1v) is 4.89. The molecule has 0 aromatic heterocycles. The number of amides is 1. The highest BCUT2D eigenvalue weighted by Gasteiger charge is 1.98. The predicted octanol–water partition coefficient (Wildman–Crippen LogP) is 0.963. The summed E-state index contributed by atoms with van der Waals surface area (Å²) in [5.41, 5.74) is 0. The van der Waals surface area contributed by atoms with Crippen molar-refractivity contribution in [3.8, 4) is 0 Å². The lowest BCUT2D eigenvalue weighted by atomic mass is 10.2. The summed E-state index contributed by atoms with van der Waals surface area (Å²) in [5.74, 6) is 5.00. The van der Waals surface area contributed by atoms with E-state index >= 15 is 0 Å². The normalized spacial score (nSPS) is 10.0. The molecule has 0 aliphatic rings. The molecule has 78 valence electrons. The number of nitrogens with one attached hydrogen (secondary N) is 1. The molecule has 0 aromatic carbocycles. The van der Waals surface area contributed by atoms with E-state index in [0.29, 0.717) is 13.0 Å². The van der Waals surface area contributed by atoms with Gasteiger partial charge in [-0.1, -0.05) is 13.3 Å². The fourth-order valence-corrected chi connectivity index (χ4v) is 0.964. The lowest BCUT2D eigenvalue weighted by molar-refractivity contribution is -0.121. The van der Waals surface area contributed by atoms with Crippen LogP contribution in [0.3, 0.4) is 0 Å². The fraction of sp³-hybridized carbons (Fsp3) is 0.889. The molecular formula is C9H20N2O2. The van der Waals surface area contributed by atoms with E-state index in [4.69, 9.17) is 5.90 Å².